The minimum atomic E-state index is -0.773. The van der Waals surface area contributed by atoms with Crippen LogP contribution >= 0.6 is 0 Å². The third-order valence-electron chi connectivity index (χ3n) is 4.29. The summed E-state index contributed by atoms with van der Waals surface area (Å²) in [5, 5.41) is 9.64. The highest BCUT2D eigenvalue weighted by Crippen LogP contribution is 2.41. The second kappa shape index (κ2) is 5.62. The van der Waals surface area contributed by atoms with Crippen LogP contribution in [0.25, 0.3) is 0 Å². The van der Waals surface area contributed by atoms with Gasteiger partial charge < -0.3 is 33.5 Å². The molecular weight excluding hydrogens is 304 g/mol. The number of aliphatic hydroxyl groups excluding tert-OH is 1. The van der Waals surface area contributed by atoms with Gasteiger partial charge in [-0.25, -0.2) is 0 Å². The number of ether oxygens (including phenoxy) is 6. The van der Waals surface area contributed by atoms with Gasteiger partial charge >= 0.3 is 0 Å². The van der Waals surface area contributed by atoms with E-state index < -0.39 is 35.7 Å². The average molecular weight is 332 g/mol. The molecule has 5 atom stereocenters. The monoisotopic (exact) mass is 332 g/mol. The van der Waals surface area contributed by atoms with Gasteiger partial charge in [-0.15, -0.1) is 0 Å². The average Bonchev–Trinajstić information content (AvgIpc) is 3.02. The molecule has 3 aliphatic rings. The first-order valence-corrected chi connectivity index (χ1v) is 8.16. The lowest BCUT2D eigenvalue weighted by atomic mass is 10.00. The Kier molecular flexibility index (Phi) is 4.29. The molecule has 0 spiro atoms. The van der Waals surface area contributed by atoms with Crippen LogP contribution in [-0.4, -0.2) is 66.2 Å². The molecule has 134 valence electrons. The molecule has 0 radical (unpaired) electrons. The van der Waals surface area contributed by atoms with Gasteiger partial charge in [-0.3, -0.25) is 0 Å². The highest BCUT2D eigenvalue weighted by atomic mass is 16.8. The van der Waals surface area contributed by atoms with E-state index in [4.69, 9.17) is 28.4 Å². The van der Waals surface area contributed by atoms with Gasteiger partial charge in [-0.05, 0) is 41.5 Å². The van der Waals surface area contributed by atoms with E-state index in [1.807, 2.05) is 41.5 Å². The van der Waals surface area contributed by atoms with Crippen molar-refractivity contribution in [3.63, 3.8) is 0 Å². The standard InChI is InChI=1S/C16H28O7/c1-14(2)18-8-10(20-14)12-13(23-16(5,6)22-12)11-9(7-17)19-15(3,4)21-11/h9-13,17H,7-8H2,1-6H3/t9-,10+,11-,12+,13+/m0/s1. The van der Waals surface area contributed by atoms with Crippen LogP contribution in [0.15, 0.2) is 0 Å². The maximum absolute atomic E-state index is 9.64. The van der Waals surface area contributed by atoms with Crippen molar-refractivity contribution in [3.8, 4) is 0 Å². The maximum atomic E-state index is 9.64. The zero-order chi connectivity index (χ0) is 17.0. The second-order valence-corrected chi connectivity index (χ2v) is 7.75. The summed E-state index contributed by atoms with van der Waals surface area (Å²) in [6.45, 7) is 11.4. The summed E-state index contributed by atoms with van der Waals surface area (Å²) >= 11 is 0. The maximum Gasteiger partial charge on any atom is 0.164 e. The first kappa shape index (κ1) is 17.5. The minimum Gasteiger partial charge on any atom is -0.394 e. The van der Waals surface area contributed by atoms with E-state index in [0.717, 1.165) is 0 Å². The summed E-state index contributed by atoms with van der Waals surface area (Å²) in [7, 11) is 0. The van der Waals surface area contributed by atoms with Crippen molar-refractivity contribution in [2.45, 2.75) is 89.4 Å². The topological polar surface area (TPSA) is 75.6 Å². The number of hydrogen-bond acceptors (Lipinski definition) is 7. The van der Waals surface area contributed by atoms with E-state index in [-0.39, 0.29) is 18.8 Å². The number of aliphatic hydroxyl groups is 1. The lowest BCUT2D eigenvalue weighted by Crippen LogP contribution is -2.48. The second-order valence-electron chi connectivity index (χ2n) is 7.75. The van der Waals surface area contributed by atoms with Crippen LogP contribution in [0.4, 0.5) is 0 Å². The fourth-order valence-corrected chi connectivity index (χ4v) is 3.52. The molecule has 0 bridgehead atoms. The van der Waals surface area contributed by atoms with Crippen LogP contribution < -0.4 is 0 Å². The molecule has 3 heterocycles. The first-order chi connectivity index (χ1) is 10.5. The SMILES string of the molecule is CC1(C)O[C@H]([C@H]2OC(C)(C)O[C@H]2CO)[C@@H]([C@H]2COC(C)(C)O2)O1. The van der Waals surface area contributed by atoms with Gasteiger partial charge in [-0.2, -0.15) is 0 Å². The van der Waals surface area contributed by atoms with Crippen LogP contribution in [0.3, 0.4) is 0 Å². The van der Waals surface area contributed by atoms with Crippen molar-refractivity contribution in [2.24, 2.45) is 0 Å². The predicted octanol–water partition coefficient (Wildman–Crippen LogP) is 1.17. The van der Waals surface area contributed by atoms with Gasteiger partial charge in [0.1, 0.15) is 30.5 Å². The summed E-state index contributed by atoms with van der Waals surface area (Å²) in [5.41, 5.74) is 0. The third kappa shape index (κ3) is 3.56. The van der Waals surface area contributed by atoms with Crippen molar-refractivity contribution in [1.29, 1.82) is 0 Å². The fourth-order valence-electron chi connectivity index (χ4n) is 3.52. The van der Waals surface area contributed by atoms with Crippen LogP contribution in [0, 0.1) is 0 Å². The Morgan fingerprint density at radius 2 is 1.30 bits per heavy atom. The zero-order valence-electron chi connectivity index (χ0n) is 14.7. The van der Waals surface area contributed by atoms with E-state index in [1.165, 1.54) is 0 Å². The molecular formula is C16H28O7. The predicted molar refractivity (Wildman–Crippen MR) is 79.6 cm³/mol. The Morgan fingerprint density at radius 3 is 1.87 bits per heavy atom. The molecule has 0 unspecified atom stereocenters. The van der Waals surface area contributed by atoms with Crippen molar-refractivity contribution >= 4 is 0 Å². The van der Waals surface area contributed by atoms with Crippen molar-refractivity contribution in [2.75, 3.05) is 13.2 Å². The molecule has 23 heavy (non-hydrogen) atoms. The Labute approximate surface area is 137 Å². The molecule has 7 nitrogen and oxygen atoms in total. The van der Waals surface area contributed by atoms with Gasteiger partial charge in [0.2, 0.25) is 0 Å². The van der Waals surface area contributed by atoms with Gasteiger partial charge in [-0.1, -0.05) is 0 Å². The van der Waals surface area contributed by atoms with E-state index in [1.54, 1.807) is 0 Å². The van der Waals surface area contributed by atoms with Gasteiger partial charge in [0, 0.05) is 0 Å². The largest absolute Gasteiger partial charge is 0.394 e. The highest BCUT2D eigenvalue weighted by Gasteiger charge is 2.57. The molecule has 1 N–H and O–H groups in total. The van der Waals surface area contributed by atoms with Gasteiger partial charge in [0.15, 0.2) is 17.4 Å². The smallest absolute Gasteiger partial charge is 0.164 e. The molecule has 0 aromatic carbocycles. The summed E-state index contributed by atoms with van der Waals surface area (Å²) in [6.07, 6.45) is -1.93. The first-order valence-electron chi connectivity index (χ1n) is 8.16. The minimum absolute atomic E-state index is 0.144. The quantitative estimate of drug-likeness (QED) is 0.831. The van der Waals surface area contributed by atoms with E-state index >= 15 is 0 Å². The van der Waals surface area contributed by atoms with Crippen LogP contribution in [0.1, 0.15) is 41.5 Å². The fraction of sp³-hybridized carbons (Fsp3) is 1.00. The van der Waals surface area contributed by atoms with Gasteiger partial charge in [0.05, 0.1) is 13.2 Å². The summed E-state index contributed by atoms with van der Waals surface area (Å²) in [4.78, 5) is 0. The summed E-state index contributed by atoms with van der Waals surface area (Å²) < 4.78 is 35.5. The van der Waals surface area contributed by atoms with E-state index in [2.05, 4.69) is 0 Å². The van der Waals surface area contributed by atoms with E-state index in [9.17, 15) is 5.11 Å². The Hall–Kier alpha value is -0.280. The molecule has 0 aliphatic carbocycles. The molecule has 7 heteroatoms. The van der Waals surface area contributed by atoms with Crippen LogP contribution in [0.2, 0.25) is 0 Å². The molecule has 3 aliphatic heterocycles. The molecule has 3 fully saturated rings. The lowest BCUT2D eigenvalue weighted by molar-refractivity contribution is -0.178. The van der Waals surface area contributed by atoms with Gasteiger partial charge in [0.25, 0.3) is 0 Å². The third-order valence-corrected chi connectivity index (χ3v) is 4.29. The number of rotatable bonds is 3. The Balaban J connectivity index is 1.81. The Morgan fingerprint density at radius 1 is 0.739 bits per heavy atom. The lowest BCUT2D eigenvalue weighted by Gasteiger charge is -2.28. The zero-order valence-corrected chi connectivity index (χ0v) is 14.7. The normalized spacial score (nSPS) is 44.7. The van der Waals surface area contributed by atoms with Crippen molar-refractivity contribution < 1.29 is 33.5 Å². The Bertz CT molecular complexity index is 448. The van der Waals surface area contributed by atoms with Crippen LogP contribution in [0.5, 0.6) is 0 Å². The molecule has 3 saturated heterocycles. The molecule has 0 saturated carbocycles. The molecule has 0 aromatic heterocycles. The molecule has 0 aromatic rings. The number of hydrogen-bond donors (Lipinski definition) is 1. The van der Waals surface area contributed by atoms with E-state index in [0.29, 0.717) is 6.61 Å². The molecule has 0 amide bonds. The summed E-state index contributed by atoms with van der Waals surface area (Å²) in [6, 6.07) is 0. The molecule has 3 rings (SSSR count). The van der Waals surface area contributed by atoms with Crippen LogP contribution in [-0.2, 0) is 28.4 Å². The van der Waals surface area contributed by atoms with Crippen molar-refractivity contribution in [1.82, 2.24) is 0 Å². The highest BCUT2D eigenvalue weighted by molar-refractivity contribution is 4.99. The summed E-state index contributed by atoms with van der Waals surface area (Å²) in [5.74, 6) is -2.18. The van der Waals surface area contributed by atoms with Crippen molar-refractivity contribution in [3.05, 3.63) is 0 Å².